The van der Waals surface area contributed by atoms with Gasteiger partial charge in [-0.2, -0.15) is 0 Å². The van der Waals surface area contributed by atoms with Crippen LogP contribution in [0.1, 0.15) is 64.2 Å². The van der Waals surface area contributed by atoms with Crippen LogP contribution in [-0.4, -0.2) is 0 Å². The van der Waals surface area contributed by atoms with Crippen LogP contribution in [0.15, 0.2) is 54.6 Å². The average Bonchev–Trinajstić information content (AvgIpc) is 2.54. The molecule has 23 heavy (non-hydrogen) atoms. The van der Waals surface area contributed by atoms with Gasteiger partial charge >= 0.3 is 0 Å². The first-order chi connectivity index (χ1) is 10.9. The summed E-state index contributed by atoms with van der Waals surface area (Å²) >= 11 is 0. The molecule has 0 spiro atoms. The number of hydrogen-bond donors (Lipinski definition) is 0. The van der Waals surface area contributed by atoms with Gasteiger partial charge in [-0.1, -0.05) is 81.8 Å². The molecule has 2 aromatic carbocycles. The molecule has 0 bridgehead atoms. The van der Waals surface area contributed by atoms with E-state index in [0.29, 0.717) is 6.61 Å². The molecule has 0 saturated heterocycles. The predicted octanol–water partition coefficient (Wildman–Crippen LogP) is 6.22. The molecule has 124 valence electrons. The molecular weight excluding hydrogens is 280 g/mol. The van der Waals surface area contributed by atoms with Gasteiger partial charge < -0.3 is 4.74 Å². The SMILES string of the molecule is CCCC(C)(C)c1ccccc1C(C)(C)OCc1ccccc1. The summed E-state index contributed by atoms with van der Waals surface area (Å²) in [6, 6.07) is 19.1. The maximum atomic E-state index is 6.32. The zero-order chi connectivity index (χ0) is 16.9. The van der Waals surface area contributed by atoms with Crippen LogP contribution in [0.2, 0.25) is 0 Å². The standard InChI is InChI=1S/C22H30O/c1-6-16-21(2,3)19-14-10-11-15-20(19)22(4,5)23-17-18-12-8-7-9-13-18/h7-15H,6,16-17H2,1-5H3. The molecule has 0 N–H and O–H groups in total. The van der Waals surface area contributed by atoms with Crippen LogP contribution in [0.5, 0.6) is 0 Å². The number of rotatable bonds is 7. The second-order valence-electron chi connectivity index (χ2n) is 7.46. The van der Waals surface area contributed by atoms with Crippen molar-refractivity contribution in [3.05, 3.63) is 71.3 Å². The van der Waals surface area contributed by atoms with E-state index < -0.39 is 0 Å². The molecule has 0 aliphatic heterocycles. The van der Waals surface area contributed by atoms with Crippen molar-refractivity contribution < 1.29 is 4.74 Å². The van der Waals surface area contributed by atoms with Crippen LogP contribution >= 0.6 is 0 Å². The first-order valence-electron chi connectivity index (χ1n) is 8.65. The molecule has 0 aliphatic rings. The van der Waals surface area contributed by atoms with E-state index in [1.807, 2.05) is 6.07 Å². The topological polar surface area (TPSA) is 9.23 Å². The van der Waals surface area contributed by atoms with E-state index in [4.69, 9.17) is 4.74 Å². The van der Waals surface area contributed by atoms with Crippen LogP contribution < -0.4 is 0 Å². The molecule has 0 aliphatic carbocycles. The highest BCUT2D eigenvalue weighted by molar-refractivity contribution is 5.37. The lowest BCUT2D eigenvalue weighted by Gasteiger charge is -2.34. The summed E-state index contributed by atoms with van der Waals surface area (Å²) in [6.45, 7) is 11.9. The third-order valence-corrected chi connectivity index (χ3v) is 4.62. The van der Waals surface area contributed by atoms with Crippen LogP contribution in [0.3, 0.4) is 0 Å². The van der Waals surface area contributed by atoms with E-state index in [1.54, 1.807) is 0 Å². The number of benzene rings is 2. The Balaban J connectivity index is 2.25. The minimum absolute atomic E-state index is 0.165. The summed E-state index contributed by atoms with van der Waals surface area (Å²) in [5.74, 6) is 0. The summed E-state index contributed by atoms with van der Waals surface area (Å²) in [7, 11) is 0. The van der Waals surface area contributed by atoms with Crippen molar-refractivity contribution in [2.45, 2.75) is 65.1 Å². The second kappa shape index (κ2) is 7.31. The lowest BCUT2D eigenvalue weighted by atomic mass is 9.75. The van der Waals surface area contributed by atoms with E-state index in [0.717, 1.165) is 0 Å². The molecule has 1 heteroatoms. The molecule has 0 fully saturated rings. The fourth-order valence-corrected chi connectivity index (χ4v) is 3.27. The third kappa shape index (κ3) is 4.45. The first-order valence-corrected chi connectivity index (χ1v) is 8.65. The smallest absolute Gasteiger partial charge is 0.0882 e. The summed E-state index contributed by atoms with van der Waals surface area (Å²) in [6.07, 6.45) is 2.37. The van der Waals surface area contributed by atoms with Crippen molar-refractivity contribution in [1.29, 1.82) is 0 Å². The van der Waals surface area contributed by atoms with E-state index in [1.165, 1.54) is 29.5 Å². The fraction of sp³-hybridized carbons (Fsp3) is 0.455. The second-order valence-corrected chi connectivity index (χ2v) is 7.46. The van der Waals surface area contributed by atoms with Crippen molar-refractivity contribution in [3.8, 4) is 0 Å². The Morgan fingerprint density at radius 3 is 1.96 bits per heavy atom. The molecular formula is C22H30O. The first kappa shape index (κ1) is 17.7. The lowest BCUT2D eigenvalue weighted by molar-refractivity contribution is -0.0349. The monoisotopic (exact) mass is 310 g/mol. The lowest BCUT2D eigenvalue weighted by Crippen LogP contribution is -2.28. The predicted molar refractivity (Wildman–Crippen MR) is 98.6 cm³/mol. The Bertz CT molecular complexity index is 611. The molecule has 0 amide bonds. The maximum Gasteiger partial charge on any atom is 0.0882 e. The summed E-state index contributed by atoms with van der Waals surface area (Å²) in [5, 5.41) is 0. The molecule has 2 rings (SSSR count). The van der Waals surface area contributed by atoms with Gasteiger partial charge in [-0.25, -0.2) is 0 Å². The quantitative estimate of drug-likeness (QED) is 0.590. The van der Waals surface area contributed by atoms with Gasteiger partial charge in [0.05, 0.1) is 12.2 Å². The molecule has 0 aromatic heterocycles. The third-order valence-electron chi connectivity index (χ3n) is 4.62. The number of ether oxygens (including phenoxy) is 1. The number of hydrogen-bond acceptors (Lipinski definition) is 1. The van der Waals surface area contributed by atoms with Crippen LogP contribution in [0, 0.1) is 0 Å². The van der Waals surface area contributed by atoms with Gasteiger partial charge in [0.1, 0.15) is 0 Å². The van der Waals surface area contributed by atoms with Gasteiger partial charge in [0.15, 0.2) is 0 Å². The Morgan fingerprint density at radius 1 is 0.783 bits per heavy atom. The van der Waals surface area contributed by atoms with Crippen LogP contribution in [-0.2, 0) is 22.4 Å². The van der Waals surface area contributed by atoms with Crippen molar-refractivity contribution in [1.82, 2.24) is 0 Å². The molecule has 0 unspecified atom stereocenters. The van der Waals surface area contributed by atoms with Gasteiger partial charge in [0, 0.05) is 0 Å². The minimum atomic E-state index is -0.308. The molecule has 0 saturated carbocycles. The van der Waals surface area contributed by atoms with Gasteiger partial charge in [-0.3, -0.25) is 0 Å². The highest BCUT2D eigenvalue weighted by Gasteiger charge is 2.30. The summed E-state index contributed by atoms with van der Waals surface area (Å²) in [4.78, 5) is 0. The summed E-state index contributed by atoms with van der Waals surface area (Å²) < 4.78 is 6.32. The van der Waals surface area contributed by atoms with Gasteiger partial charge in [-0.15, -0.1) is 0 Å². The molecule has 0 radical (unpaired) electrons. The normalized spacial score (nSPS) is 12.4. The van der Waals surface area contributed by atoms with Crippen LogP contribution in [0.4, 0.5) is 0 Å². The van der Waals surface area contributed by atoms with E-state index in [-0.39, 0.29) is 11.0 Å². The van der Waals surface area contributed by atoms with Gasteiger partial charge in [0.25, 0.3) is 0 Å². The van der Waals surface area contributed by atoms with Gasteiger partial charge in [-0.05, 0) is 42.4 Å². The highest BCUT2D eigenvalue weighted by Crippen LogP contribution is 2.37. The largest absolute Gasteiger partial charge is 0.366 e. The Hall–Kier alpha value is -1.60. The molecule has 0 heterocycles. The molecule has 2 aromatic rings. The zero-order valence-corrected chi connectivity index (χ0v) is 15.2. The zero-order valence-electron chi connectivity index (χ0n) is 15.2. The van der Waals surface area contributed by atoms with Crippen LogP contribution in [0.25, 0.3) is 0 Å². The van der Waals surface area contributed by atoms with E-state index in [2.05, 4.69) is 83.1 Å². The minimum Gasteiger partial charge on any atom is -0.366 e. The van der Waals surface area contributed by atoms with Crippen molar-refractivity contribution >= 4 is 0 Å². The van der Waals surface area contributed by atoms with Crippen molar-refractivity contribution in [3.63, 3.8) is 0 Å². The molecule has 1 nitrogen and oxygen atoms in total. The Morgan fingerprint density at radius 2 is 1.35 bits per heavy atom. The van der Waals surface area contributed by atoms with Crippen molar-refractivity contribution in [2.24, 2.45) is 0 Å². The van der Waals surface area contributed by atoms with E-state index in [9.17, 15) is 0 Å². The fourth-order valence-electron chi connectivity index (χ4n) is 3.27. The Labute approximate surface area is 141 Å². The molecule has 0 atom stereocenters. The summed E-state index contributed by atoms with van der Waals surface area (Å²) in [5.41, 5.74) is 3.77. The average molecular weight is 310 g/mol. The van der Waals surface area contributed by atoms with Gasteiger partial charge in [0.2, 0.25) is 0 Å². The van der Waals surface area contributed by atoms with Crippen molar-refractivity contribution in [2.75, 3.05) is 0 Å². The Kier molecular flexibility index (Phi) is 5.64. The highest BCUT2D eigenvalue weighted by atomic mass is 16.5. The maximum absolute atomic E-state index is 6.32. The van der Waals surface area contributed by atoms with E-state index >= 15 is 0 Å².